The van der Waals surface area contributed by atoms with E-state index in [1.54, 1.807) is 26.0 Å². The fourth-order valence-electron chi connectivity index (χ4n) is 2.59. The summed E-state index contributed by atoms with van der Waals surface area (Å²) in [5, 5.41) is 0. The molecule has 0 aliphatic heterocycles. The van der Waals surface area contributed by atoms with Gasteiger partial charge in [0.2, 0.25) is 15.9 Å². The number of nitrogens with zero attached hydrogens (tertiary/aromatic N) is 1. The summed E-state index contributed by atoms with van der Waals surface area (Å²) in [6.45, 7) is 4.95. The molecular weight excluding hydrogens is 324 g/mol. The van der Waals surface area contributed by atoms with Crippen molar-refractivity contribution in [2.45, 2.75) is 31.7 Å². The summed E-state index contributed by atoms with van der Waals surface area (Å²) in [5.74, 6) is -0.688. The van der Waals surface area contributed by atoms with Crippen LogP contribution in [-0.4, -0.2) is 25.2 Å². The van der Waals surface area contributed by atoms with Crippen molar-refractivity contribution in [1.82, 2.24) is 4.31 Å². The van der Waals surface area contributed by atoms with Crippen LogP contribution in [0.3, 0.4) is 0 Å². The van der Waals surface area contributed by atoms with Gasteiger partial charge < -0.3 is 5.73 Å². The molecule has 0 saturated heterocycles. The summed E-state index contributed by atoms with van der Waals surface area (Å²) < 4.78 is 27.5. The van der Waals surface area contributed by atoms with E-state index in [1.165, 1.54) is 0 Å². The summed E-state index contributed by atoms with van der Waals surface area (Å²) in [4.78, 5) is 11.7. The lowest BCUT2D eigenvalue weighted by atomic mass is 10.1. The van der Waals surface area contributed by atoms with E-state index in [2.05, 4.69) is 0 Å². The van der Waals surface area contributed by atoms with Crippen LogP contribution in [0, 0.1) is 13.8 Å². The molecule has 0 aliphatic carbocycles. The molecule has 2 rings (SSSR count). The average Bonchev–Trinajstić information content (AvgIpc) is 2.54. The van der Waals surface area contributed by atoms with Crippen LogP contribution in [0.5, 0.6) is 0 Å². The van der Waals surface area contributed by atoms with Gasteiger partial charge in [0, 0.05) is 6.04 Å². The lowest BCUT2D eigenvalue weighted by Crippen LogP contribution is -2.40. The molecule has 2 aromatic carbocycles. The fraction of sp³-hybridized carbons (Fsp3) is 0.278. The Morgan fingerprint density at radius 1 is 1.12 bits per heavy atom. The summed E-state index contributed by atoms with van der Waals surface area (Å²) >= 11 is 0. The Morgan fingerprint density at radius 3 is 2.33 bits per heavy atom. The zero-order chi connectivity index (χ0) is 17.9. The molecule has 0 heterocycles. The third-order valence-corrected chi connectivity index (χ3v) is 6.01. The quantitative estimate of drug-likeness (QED) is 0.873. The Balaban J connectivity index is 2.54. The van der Waals surface area contributed by atoms with Crippen molar-refractivity contribution in [2.75, 3.05) is 6.54 Å². The summed E-state index contributed by atoms with van der Waals surface area (Å²) in [6, 6.07) is 13.9. The summed E-state index contributed by atoms with van der Waals surface area (Å²) in [5.41, 5.74) is 7.58. The largest absolute Gasteiger partial charge is 0.369 e. The molecule has 5 nitrogen and oxygen atoms in total. The number of aryl methyl sites for hydroxylation is 2. The number of primary amides is 1. The molecule has 0 bridgehead atoms. The lowest BCUT2D eigenvalue weighted by molar-refractivity contribution is -0.118. The number of sulfonamides is 1. The number of benzene rings is 2. The van der Waals surface area contributed by atoms with Crippen molar-refractivity contribution >= 4 is 15.9 Å². The van der Waals surface area contributed by atoms with Crippen LogP contribution >= 0.6 is 0 Å². The Kier molecular flexibility index (Phi) is 5.41. The molecule has 1 atom stereocenters. The van der Waals surface area contributed by atoms with Crippen LogP contribution in [0.15, 0.2) is 53.4 Å². The Bertz CT molecular complexity index is 833. The summed E-state index contributed by atoms with van der Waals surface area (Å²) in [7, 11) is -3.86. The first kappa shape index (κ1) is 18.2. The first-order chi connectivity index (χ1) is 11.2. The molecule has 1 amide bonds. The van der Waals surface area contributed by atoms with E-state index >= 15 is 0 Å². The highest BCUT2D eigenvalue weighted by atomic mass is 32.2. The zero-order valence-corrected chi connectivity index (χ0v) is 14.9. The van der Waals surface area contributed by atoms with Gasteiger partial charge in [0.1, 0.15) is 0 Å². The number of hydrogen-bond acceptors (Lipinski definition) is 3. The standard InChI is InChI=1S/C18H22N2O3S/c1-13-9-10-14(2)17(11-13)24(22,23)20(12-18(19)21)15(3)16-7-5-4-6-8-16/h4-11,15H,12H2,1-3H3,(H2,19,21). The third kappa shape index (κ3) is 3.83. The molecule has 0 fully saturated rings. The van der Waals surface area contributed by atoms with Crippen molar-refractivity contribution in [1.29, 1.82) is 0 Å². The summed E-state index contributed by atoms with van der Waals surface area (Å²) in [6.07, 6.45) is 0. The van der Waals surface area contributed by atoms with Gasteiger partial charge >= 0.3 is 0 Å². The second kappa shape index (κ2) is 7.15. The molecule has 2 N–H and O–H groups in total. The number of nitrogens with two attached hydrogens (primary N) is 1. The van der Waals surface area contributed by atoms with Gasteiger partial charge in [0.05, 0.1) is 11.4 Å². The van der Waals surface area contributed by atoms with Crippen molar-refractivity contribution in [3.8, 4) is 0 Å². The fourth-order valence-corrected chi connectivity index (χ4v) is 4.49. The van der Waals surface area contributed by atoms with Crippen molar-refractivity contribution in [3.63, 3.8) is 0 Å². The molecule has 0 aromatic heterocycles. The van der Waals surface area contributed by atoms with Crippen molar-refractivity contribution < 1.29 is 13.2 Å². The molecule has 2 aromatic rings. The number of amides is 1. The van der Waals surface area contributed by atoms with Gasteiger partial charge in [-0.3, -0.25) is 4.79 Å². The molecule has 1 unspecified atom stereocenters. The van der Waals surface area contributed by atoms with E-state index in [9.17, 15) is 13.2 Å². The minimum absolute atomic E-state index is 0.200. The van der Waals surface area contributed by atoms with Crippen LogP contribution < -0.4 is 5.73 Å². The predicted molar refractivity (Wildman–Crippen MR) is 93.9 cm³/mol. The van der Waals surface area contributed by atoms with Crippen molar-refractivity contribution in [3.05, 3.63) is 65.2 Å². The molecule has 128 valence electrons. The number of hydrogen-bond donors (Lipinski definition) is 1. The molecule has 0 saturated carbocycles. The molecule has 0 radical (unpaired) electrons. The van der Waals surface area contributed by atoms with Gasteiger partial charge in [-0.1, -0.05) is 42.5 Å². The van der Waals surface area contributed by atoms with E-state index < -0.39 is 22.0 Å². The van der Waals surface area contributed by atoms with Gasteiger partial charge in [0.25, 0.3) is 0 Å². The molecular formula is C18H22N2O3S. The maximum Gasteiger partial charge on any atom is 0.244 e. The highest BCUT2D eigenvalue weighted by Gasteiger charge is 2.32. The molecule has 24 heavy (non-hydrogen) atoms. The van der Waals surface area contributed by atoms with E-state index in [0.29, 0.717) is 5.56 Å². The topological polar surface area (TPSA) is 80.5 Å². The van der Waals surface area contributed by atoms with Crippen LogP contribution in [-0.2, 0) is 14.8 Å². The first-order valence-electron chi connectivity index (χ1n) is 7.66. The Labute approximate surface area is 143 Å². The maximum atomic E-state index is 13.2. The van der Waals surface area contributed by atoms with Gasteiger partial charge in [-0.05, 0) is 43.5 Å². The molecule has 0 aliphatic rings. The first-order valence-corrected chi connectivity index (χ1v) is 9.10. The van der Waals surface area contributed by atoms with E-state index in [4.69, 9.17) is 5.73 Å². The van der Waals surface area contributed by atoms with Crippen LogP contribution in [0.25, 0.3) is 0 Å². The van der Waals surface area contributed by atoms with Gasteiger partial charge in [-0.15, -0.1) is 0 Å². The highest BCUT2D eigenvalue weighted by Crippen LogP contribution is 2.29. The maximum absolute atomic E-state index is 13.2. The zero-order valence-electron chi connectivity index (χ0n) is 14.1. The second-order valence-electron chi connectivity index (χ2n) is 5.87. The molecule has 6 heteroatoms. The van der Waals surface area contributed by atoms with E-state index in [-0.39, 0.29) is 11.4 Å². The number of rotatable bonds is 6. The smallest absolute Gasteiger partial charge is 0.244 e. The van der Waals surface area contributed by atoms with Gasteiger partial charge in [-0.25, -0.2) is 8.42 Å². The van der Waals surface area contributed by atoms with Crippen molar-refractivity contribution in [2.24, 2.45) is 5.73 Å². The van der Waals surface area contributed by atoms with Crippen LogP contribution in [0.1, 0.15) is 29.7 Å². The van der Waals surface area contributed by atoms with Crippen LogP contribution in [0.2, 0.25) is 0 Å². The van der Waals surface area contributed by atoms with Gasteiger partial charge in [0.15, 0.2) is 0 Å². The minimum Gasteiger partial charge on any atom is -0.369 e. The lowest BCUT2D eigenvalue weighted by Gasteiger charge is -2.28. The Morgan fingerprint density at radius 2 is 1.75 bits per heavy atom. The van der Waals surface area contributed by atoms with Crippen LogP contribution in [0.4, 0.5) is 0 Å². The third-order valence-electron chi connectivity index (χ3n) is 3.96. The highest BCUT2D eigenvalue weighted by molar-refractivity contribution is 7.89. The monoisotopic (exact) mass is 346 g/mol. The second-order valence-corrected chi connectivity index (χ2v) is 7.73. The normalized spacial score (nSPS) is 13.0. The Hall–Kier alpha value is -2.18. The number of carbonyl (C=O) groups is 1. The van der Waals surface area contributed by atoms with Gasteiger partial charge in [-0.2, -0.15) is 4.31 Å². The van der Waals surface area contributed by atoms with E-state index in [0.717, 1.165) is 15.4 Å². The minimum atomic E-state index is -3.86. The molecule has 0 spiro atoms. The average molecular weight is 346 g/mol. The number of carbonyl (C=O) groups excluding carboxylic acids is 1. The SMILES string of the molecule is Cc1ccc(C)c(S(=O)(=O)N(CC(N)=O)C(C)c2ccccc2)c1. The van der Waals surface area contributed by atoms with E-state index in [1.807, 2.05) is 43.3 Å². The predicted octanol–water partition coefficient (Wildman–Crippen LogP) is 2.54.